The number of ether oxygens (including phenoxy) is 1. The fourth-order valence-corrected chi connectivity index (χ4v) is 7.50. The van der Waals surface area contributed by atoms with E-state index in [4.69, 9.17) is 4.74 Å². The van der Waals surface area contributed by atoms with Crippen molar-refractivity contribution < 1.29 is 19.1 Å². The predicted octanol–water partition coefficient (Wildman–Crippen LogP) is 2.20. The molecule has 0 aromatic rings. The molecule has 174 valence electrons. The molecule has 3 aliphatic heterocycles. The van der Waals surface area contributed by atoms with Crippen LogP contribution in [-0.4, -0.2) is 58.5 Å². The fourth-order valence-electron chi connectivity index (χ4n) is 7.50. The van der Waals surface area contributed by atoms with Gasteiger partial charge in [0, 0.05) is 18.1 Å². The number of hydrogen-bond acceptors (Lipinski definition) is 4. The molecule has 3 saturated carbocycles. The van der Waals surface area contributed by atoms with Crippen LogP contribution in [0, 0.1) is 11.8 Å². The average Bonchev–Trinajstić information content (AvgIpc) is 3.58. The smallest absolute Gasteiger partial charge is 0.246 e. The lowest BCUT2D eigenvalue weighted by molar-refractivity contribution is -0.144. The van der Waals surface area contributed by atoms with Crippen LogP contribution in [0.3, 0.4) is 0 Å². The van der Waals surface area contributed by atoms with Crippen LogP contribution in [0.2, 0.25) is 0 Å². The van der Waals surface area contributed by atoms with Gasteiger partial charge in [0.25, 0.3) is 0 Å². The van der Waals surface area contributed by atoms with Crippen LogP contribution in [0.25, 0.3) is 0 Å². The summed E-state index contributed by atoms with van der Waals surface area (Å²) in [6.45, 7) is 0. The minimum atomic E-state index is -1.01. The zero-order chi connectivity index (χ0) is 21.9. The Morgan fingerprint density at radius 3 is 2.06 bits per heavy atom. The largest absolute Gasteiger partial charge is 0.359 e. The first kappa shape index (κ1) is 20.7. The Kier molecular flexibility index (Phi) is 5.08. The molecule has 2 saturated heterocycles. The SMILES string of the molecule is O=C(NC1CCCC1)[C@@H]1[C@@H]2C=C[C@]3(O2)[C@@H]1C(=O)N(C1CCCC1)[C@@H]3C(=O)NC1CCCC1. The van der Waals surface area contributed by atoms with Gasteiger partial charge >= 0.3 is 0 Å². The zero-order valence-corrected chi connectivity index (χ0v) is 18.8. The van der Waals surface area contributed by atoms with E-state index in [9.17, 15) is 14.4 Å². The lowest BCUT2D eigenvalue weighted by Gasteiger charge is -2.36. The molecule has 3 aliphatic carbocycles. The van der Waals surface area contributed by atoms with Crippen LogP contribution in [-0.2, 0) is 19.1 Å². The Morgan fingerprint density at radius 1 is 0.875 bits per heavy atom. The first-order valence-corrected chi connectivity index (χ1v) is 12.9. The van der Waals surface area contributed by atoms with E-state index in [0.717, 1.165) is 77.0 Å². The van der Waals surface area contributed by atoms with Gasteiger partial charge in [0.2, 0.25) is 17.7 Å². The molecule has 1 spiro atoms. The van der Waals surface area contributed by atoms with Crippen LogP contribution in [0.5, 0.6) is 0 Å². The summed E-state index contributed by atoms with van der Waals surface area (Å²) in [7, 11) is 0. The number of rotatable bonds is 5. The third kappa shape index (κ3) is 3.06. The number of carbonyl (C=O) groups is 3. The number of amides is 3. The van der Waals surface area contributed by atoms with Crippen molar-refractivity contribution in [3.63, 3.8) is 0 Å². The van der Waals surface area contributed by atoms with Gasteiger partial charge in [-0.05, 0) is 38.5 Å². The highest BCUT2D eigenvalue weighted by Gasteiger charge is 2.73. The third-order valence-corrected chi connectivity index (χ3v) is 8.98. The second kappa shape index (κ2) is 7.86. The molecular weight excluding hydrogens is 406 g/mol. The maximum Gasteiger partial charge on any atom is 0.246 e. The highest BCUT2D eigenvalue weighted by atomic mass is 16.5. The summed E-state index contributed by atoms with van der Waals surface area (Å²) in [5.74, 6) is -1.36. The highest BCUT2D eigenvalue weighted by Crippen LogP contribution is 2.56. The van der Waals surface area contributed by atoms with Crippen molar-refractivity contribution in [2.45, 2.75) is 113 Å². The molecule has 6 rings (SSSR count). The fraction of sp³-hybridized carbons (Fsp3) is 0.800. The summed E-state index contributed by atoms with van der Waals surface area (Å²) in [6.07, 6.45) is 16.0. The lowest BCUT2D eigenvalue weighted by atomic mass is 9.74. The van der Waals surface area contributed by atoms with Crippen molar-refractivity contribution in [2.24, 2.45) is 11.8 Å². The van der Waals surface area contributed by atoms with Gasteiger partial charge in [0.05, 0.1) is 17.9 Å². The Balaban J connectivity index is 1.31. The molecule has 32 heavy (non-hydrogen) atoms. The number of nitrogens with zero attached hydrogens (tertiary/aromatic N) is 1. The minimum absolute atomic E-state index is 0.0538. The summed E-state index contributed by atoms with van der Waals surface area (Å²) in [5, 5.41) is 6.44. The second-order valence-corrected chi connectivity index (χ2v) is 10.9. The number of carbonyl (C=O) groups excluding carboxylic acids is 3. The monoisotopic (exact) mass is 441 g/mol. The van der Waals surface area contributed by atoms with E-state index in [1.54, 1.807) is 0 Å². The standard InChI is InChI=1S/C25H35N3O4/c29-22(26-15-7-1-2-8-15)19-18-13-14-25(32-18)20(19)24(31)28(17-11-5-6-12-17)21(25)23(30)27-16-9-3-4-10-16/h13-21H,1-12H2,(H,26,29)(H,27,30)/t18-,19+,20-,21+,25-/m0/s1. The van der Waals surface area contributed by atoms with Crippen LogP contribution >= 0.6 is 0 Å². The number of fused-ring (bicyclic) bond motifs is 1. The minimum Gasteiger partial charge on any atom is -0.359 e. The summed E-state index contributed by atoms with van der Waals surface area (Å²) in [4.78, 5) is 42.8. The van der Waals surface area contributed by atoms with E-state index in [2.05, 4.69) is 10.6 Å². The molecule has 5 atom stereocenters. The van der Waals surface area contributed by atoms with E-state index in [1.165, 1.54) is 0 Å². The van der Waals surface area contributed by atoms with Gasteiger partial charge in [0.15, 0.2) is 0 Å². The molecular formula is C25H35N3O4. The molecule has 2 bridgehead atoms. The Morgan fingerprint density at radius 2 is 1.44 bits per heavy atom. The predicted molar refractivity (Wildman–Crippen MR) is 117 cm³/mol. The molecule has 0 radical (unpaired) electrons. The van der Waals surface area contributed by atoms with E-state index < -0.39 is 29.6 Å². The van der Waals surface area contributed by atoms with Gasteiger partial charge in [-0.25, -0.2) is 0 Å². The molecule has 3 amide bonds. The van der Waals surface area contributed by atoms with Gasteiger partial charge in [0.1, 0.15) is 11.6 Å². The van der Waals surface area contributed by atoms with Crippen LogP contribution in [0.4, 0.5) is 0 Å². The van der Waals surface area contributed by atoms with Gasteiger partial charge in [-0.3, -0.25) is 14.4 Å². The zero-order valence-electron chi connectivity index (χ0n) is 18.8. The quantitative estimate of drug-likeness (QED) is 0.641. The van der Waals surface area contributed by atoms with Crippen LogP contribution < -0.4 is 10.6 Å². The number of nitrogens with one attached hydrogen (secondary N) is 2. The van der Waals surface area contributed by atoms with Crippen LogP contribution in [0.15, 0.2) is 12.2 Å². The van der Waals surface area contributed by atoms with Gasteiger partial charge in [-0.15, -0.1) is 0 Å². The Labute approximate surface area is 189 Å². The Bertz CT molecular complexity index is 825. The van der Waals surface area contributed by atoms with Crippen molar-refractivity contribution >= 4 is 17.7 Å². The van der Waals surface area contributed by atoms with Crippen LogP contribution in [0.1, 0.15) is 77.0 Å². The maximum absolute atomic E-state index is 13.9. The molecule has 6 aliphatic rings. The van der Waals surface area contributed by atoms with Crippen molar-refractivity contribution in [2.75, 3.05) is 0 Å². The summed E-state index contributed by atoms with van der Waals surface area (Å²) in [5.41, 5.74) is -1.01. The van der Waals surface area contributed by atoms with E-state index >= 15 is 0 Å². The lowest BCUT2D eigenvalue weighted by Crippen LogP contribution is -2.57. The average molecular weight is 442 g/mol. The summed E-state index contributed by atoms with van der Waals surface area (Å²) in [6, 6.07) is -0.224. The van der Waals surface area contributed by atoms with Gasteiger partial charge < -0.3 is 20.3 Å². The number of likely N-dealkylation sites (tertiary alicyclic amines) is 1. The Hall–Kier alpha value is -1.89. The molecule has 5 fully saturated rings. The van der Waals surface area contributed by atoms with Gasteiger partial charge in [-0.2, -0.15) is 0 Å². The molecule has 0 aromatic carbocycles. The molecule has 0 aromatic heterocycles. The normalized spacial score (nSPS) is 39.4. The third-order valence-electron chi connectivity index (χ3n) is 8.98. The molecule has 3 heterocycles. The molecule has 7 heteroatoms. The van der Waals surface area contributed by atoms with Crippen molar-refractivity contribution in [1.29, 1.82) is 0 Å². The van der Waals surface area contributed by atoms with Crippen molar-refractivity contribution in [1.82, 2.24) is 15.5 Å². The first-order chi connectivity index (χ1) is 15.6. The summed E-state index contributed by atoms with van der Waals surface area (Å²) >= 11 is 0. The van der Waals surface area contributed by atoms with Gasteiger partial charge in [-0.1, -0.05) is 50.7 Å². The highest BCUT2D eigenvalue weighted by molar-refractivity contribution is 6.00. The van der Waals surface area contributed by atoms with E-state index in [-0.39, 0.29) is 35.8 Å². The van der Waals surface area contributed by atoms with Crippen molar-refractivity contribution in [3.8, 4) is 0 Å². The summed E-state index contributed by atoms with van der Waals surface area (Å²) < 4.78 is 6.45. The molecule has 7 nitrogen and oxygen atoms in total. The van der Waals surface area contributed by atoms with E-state index in [0.29, 0.717) is 0 Å². The van der Waals surface area contributed by atoms with Crippen molar-refractivity contribution in [3.05, 3.63) is 12.2 Å². The topological polar surface area (TPSA) is 87.7 Å². The number of hydrogen-bond donors (Lipinski definition) is 2. The van der Waals surface area contributed by atoms with E-state index in [1.807, 2.05) is 17.1 Å². The second-order valence-electron chi connectivity index (χ2n) is 10.9. The molecule has 2 N–H and O–H groups in total. The maximum atomic E-state index is 13.9. The first-order valence-electron chi connectivity index (χ1n) is 12.9. The molecule has 0 unspecified atom stereocenters.